The van der Waals surface area contributed by atoms with Gasteiger partial charge >= 0.3 is 5.97 Å². The van der Waals surface area contributed by atoms with Crippen LogP contribution in [-0.2, 0) is 19.4 Å². The van der Waals surface area contributed by atoms with Crippen LogP contribution < -0.4 is 5.32 Å². The summed E-state index contributed by atoms with van der Waals surface area (Å²) in [6.45, 7) is 8.25. The number of benzene rings is 1. The van der Waals surface area contributed by atoms with Gasteiger partial charge in [0, 0.05) is 29.3 Å². The van der Waals surface area contributed by atoms with Crippen LogP contribution in [0.2, 0.25) is 0 Å². The number of esters is 1. The van der Waals surface area contributed by atoms with Crippen molar-refractivity contribution in [3.63, 3.8) is 0 Å². The van der Waals surface area contributed by atoms with Gasteiger partial charge in [0.1, 0.15) is 5.60 Å². The zero-order chi connectivity index (χ0) is 21.4. The predicted molar refractivity (Wildman–Crippen MR) is 105 cm³/mol. The van der Waals surface area contributed by atoms with E-state index in [2.05, 4.69) is 5.32 Å². The van der Waals surface area contributed by atoms with Gasteiger partial charge in [0.05, 0.1) is 21.3 Å². The molecule has 28 heavy (non-hydrogen) atoms. The van der Waals surface area contributed by atoms with E-state index in [0.29, 0.717) is 11.4 Å². The Hall–Kier alpha value is -2.68. The molecule has 152 valence electrons. The van der Waals surface area contributed by atoms with Crippen LogP contribution >= 0.6 is 0 Å². The average Bonchev–Trinajstić information content (AvgIpc) is 2.50. The summed E-state index contributed by atoms with van der Waals surface area (Å²) in [5.41, 5.74) is -0.224. The number of hydrogen-bond donors (Lipinski definition) is 1. The minimum absolute atomic E-state index is 0.0373. The molecule has 1 aromatic rings. The fraction of sp³-hybridized carbons (Fsp3) is 0.421. The molecule has 0 fully saturated rings. The number of nitrogens with one attached hydrogen (secondary N) is 1. The first-order valence-corrected chi connectivity index (χ1v) is 10.5. The minimum atomic E-state index is -3.80. The Morgan fingerprint density at radius 2 is 1.75 bits per heavy atom. The van der Waals surface area contributed by atoms with Gasteiger partial charge in [-0.05, 0) is 34.6 Å². The fourth-order valence-electron chi connectivity index (χ4n) is 3.27. The monoisotopic (exact) mass is 408 g/mol. The van der Waals surface area contributed by atoms with Gasteiger partial charge in [-0.2, -0.15) is 0 Å². The lowest BCUT2D eigenvalue weighted by Crippen LogP contribution is -2.34. The third-order valence-corrected chi connectivity index (χ3v) is 5.50. The number of rotatable bonds is 4. The maximum Gasteiger partial charge on any atom is 0.337 e. The van der Waals surface area contributed by atoms with Crippen molar-refractivity contribution in [3.05, 3.63) is 61.8 Å². The van der Waals surface area contributed by atoms with Crippen LogP contribution in [0.15, 0.2) is 46.1 Å². The van der Waals surface area contributed by atoms with Crippen LogP contribution in [0.3, 0.4) is 0 Å². The summed E-state index contributed by atoms with van der Waals surface area (Å²) in [6.07, 6.45) is 1.02. The van der Waals surface area contributed by atoms with Crippen LogP contribution in [-0.4, -0.2) is 31.2 Å². The van der Waals surface area contributed by atoms with Gasteiger partial charge in [0.2, 0.25) is 0 Å². The third-order valence-electron chi connectivity index (χ3n) is 4.16. The van der Waals surface area contributed by atoms with E-state index in [4.69, 9.17) is 4.74 Å². The largest absolute Gasteiger partial charge is 0.457 e. The number of para-hydroxylation sites is 1. The quantitative estimate of drug-likeness (QED) is 0.462. The molecule has 0 bridgehead atoms. The molecule has 0 spiro atoms. The average molecular weight is 408 g/mol. The van der Waals surface area contributed by atoms with Crippen molar-refractivity contribution in [2.45, 2.75) is 46.1 Å². The Kier molecular flexibility index (Phi) is 5.70. The van der Waals surface area contributed by atoms with E-state index in [1.807, 2.05) is 0 Å². The molecule has 0 saturated heterocycles. The Bertz CT molecular complexity index is 999. The Morgan fingerprint density at radius 3 is 2.25 bits per heavy atom. The second-order valence-corrected chi connectivity index (χ2v) is 9.66. The second kappa shape index (κ2) is 7.38. The van der Waals surface area contributed by atoms with Crippen molar-refractivity contribution < 1.29 is 22.9 Å². The van der Waals surface area contributed by atoms with Crippen molar-refractivity contribution in [3.8, 4) is 0 Å². The highest BCUT2D eigenvalue weighted by Crippen LogP contribution is 2.44. The van der Waals surface area contributed by atoms with Gasteiger partial charge in [-0.1, -0.05) is 18.2 Å². The molecule has 1 atom stereocenters. The second-order valence-electron chi connectivity index (χ2n) is 7.68. The number of nitro groups is 1. The van der Waals surface area contributed by atoms with E-state index in [9.17, 15) is 23.3 Å². The number of allylic oxidation sites excluding steroid dienone is 3. The Morgan fingerprint density at radius 1 is 1.18 bits per heavy atom. The SMILES string of the molecule is CC1=C(C(=O)OC(C)(C)C)C(c2ccccc2[N+](=O)[O-])C(S(C)(=O)=O)=C(C)N1. The van der Waals surface area contributed by atoms with Gasteiger partial charge in [0.15, 0.2) is 9.84 Å². The first-order valence-electron chi connectivity index (χ1n) is 8.59. The van der Waals surface area contributed by atoms with Crippen LogP contribution in [0.1, 0.15) is 46.1 Å². The predicted octanol–water partition coefficient (Wildman–Crippen LogP) is 3.17. The van der Waals surface area contributed by atoms with Crippen LogP contribution in [0.25, 0.3) is 0 Å². The number of ether oxygens (including phenoxy) is 1. The molecule has 0 amide bonds. The van der Waals surface area contributed by atoms with Gasteiger partial charge < -0.3 is 10.1 Å². The Balaban J connectivity index is 2.83. The highest BCUT2D eigenvalue weighted by Gasteiger charge is 2.41. The maximum absolute atomic E-state index is 13.0. The van der Waals surface area contributed by atoms with E-state index in [0.717, 1.165) is 6.26 Å². The van der Waals surface area contributed by atoms with Crippen molar-refractivity contribution in [1.82, 2.24) is 5.32 Å². The summed E-state index contributed by atoms with van der Waals surface area (Å²) in [7, 11) is -3.80. The van der Waals surface area contributed by atoms with Gasteiger partial charge in [-0.3, -0.25) is 10.1 Å². The van der Waals surface area contributed by atoms with E-state index in [1.54, 1.807) is 40.7 Å². The molecule has 8 nitrogen and oxygen atoms in total. The third kappa shape index (κ3) is 4.41. The lowest BCUT2D eigenvalue weighted by Gasteiger charge is -2.32. The van der Waals surface area contributed by atoms with Crippen LogP contribution in [0.5, 0.6) is 0 Å². The first kappa shape index (κ1) is 21.6. The van der Waals surface area contributed by atoms with E-state index in [1.165, 1.54) is 18.2 Å². The number of nitro benzene ring substituents is 1. The molecule has 2 rings (SSSR count). The lowest BCUT2D eigenvalue weighted by molar-refractivity contribution is -0.385. The first-order chi connectivity index (χ1) is 12.7. The fourth-order valence-corrected chi connectivity index (χ4v) is 4.55. The molecule has 1 aliphatic rings. The minimum Gasteiger partial charge on any atom is -0.457 e. The number of nitrogens with zero attached hydrogens (tertiary/aromatic N) is 1. The maximum atomic E-state index is 13.0. The molecule has 1 unspecified atom stereocenters. The van der Waals surface area contributed by atoms with Crippen LogP contribution in [0.4, 0.5) is 5.69 Å². The molecule has 9 heteroatoms. The van der Waals surface area contributed by atoms with E-state index in [-0.39, 0.29) is 21.7 Å². The summed E-state index contributed by atoms with van der Waals surface area (Å²) in [5, 5.41) is 14.5. The summed E-state index contributed by atoms with van der Waals surface area (Å²) in [6, 6.07) is 5.81. The molecule has 1 heterocycles. The summed E-state index contributed by atoms with van der Waals surface area (Å²) in [4.78, 5) is 23.9. The number of carbonyl (C=O) groups is 1. The van der Waals surface area contributed by atoms with E-state index >= 15 is 0 Å². The molecular weight excluding hydrogens is 384 g/mol. The van der Waals surface area contributed by atoms with Crippen molar-refractivity contribution in [2.24, 2.45) is 0 Å². The zero-order valence-corrected chi connectivity index (χ0v) is 17.5. The molecular formula is C19H24N2O6S. The number of sulfone groups is 1. The highest BCUT2D eigenvalue weighted by atomic mass is 32.2. The number of hydrogen-bond acceptors (Lipinski definition) is 7. The topological polar surface area (TPSA) is 116 Å². The van der Waals surface area contributed by atoms with Gasteiger partial charge in [0.25, 0.3) is 5.69 Å². The molecule has 0 saturated carbocycles. The van der Waals surface area contributed by atoms with Crippen molar-refractivity contribution in [2.75, 3.05) is 6.26 Å². The molecule has 0 aromatic heterocycles. The molecule has 0 radical (unpaired) electrons. The summed E-state index contributed by atoms with van der Waals surface area (Å²) < 4.78 is 30.6. The number of dihydropyridines is 1. The van der Waals surface area contributed by atoms with Gasteiger partial charge in [-0.25, -0.2) is 13.2 Å². The zero-order valence-electron chi connectivity index (χ0n) is 16.7. The highest BCUT2D eigenvalue weighted by molar-refractivity contribution is 7.94. The Labute approximate surface area is 164 Å². The number of carbonyl (C=O) groups excluding carboxylic acids is 1. The summed E-state index contributed by atoms with van der Waals surface area (Å²) >= 11 is 0. The molecule has 1 aromatic carbocycles. The molecule has 0 aliphatic carbocycles. The van der Waals surface area contributed by atoms with E-state index < -0.39 is 32.2 Å². The van der Waals surface area contributed by atoms with Gasteiger partial charge in [-0.15, -0.1) is 0 Å². The smallest absolute Gasteiger partial charge is 0.337 e. The standard InChI is InChI=1S/C19H24N2O6S/c1-11-15(18(22)27-19(3,4)5)16(17(12(2)20-11)28(6,25)26)13-9-7-8-10-14(13)21(23)24/h7-10,16,20H,1-6H3. The van der Waals surface area contributed by atoms with Crippen LogP contribution in [0, 0.1) is 10.1 Å². The normalized spacial score (nSPS) is 18.0. The molecule has 1 N–H and O–H groups in total. The summed E-state index contributed by atoms with van der Waals surface area (Å²) in [5.74, 6) is -1.87. The lowest BCUT2D eigenvalue weighted by atomic mass is 9.85. The van der Waals surface area contributed by atoms with Crippen molar-refractivity contribution in [1.29, 1.82) is 0 Å². The van der Waals surface area contributed by atoms with Crippen molar-refractivity contribution >= 4 is 21.5 Å². The molecule has 1 aliphatic heterocycles.